The lowest BCUT2D eigenvalue weighted by Crippen LogP contribution is -2.39. The Balaban J connectivity index is 1.26. The van der Waals surface area contributed by atoms with Gasteiger partial charge in [0.25, 0.3) is 0 Å². The predicted molar refractivity (Wildman–Crippen MR) is 177 cm³/mol. The van der Waals surface area contributed by atoms with Gasteiger partial charge in [0.1, 0.15) is 0 Å². The third-order valence-electron chi connectivity index (χ3n) is 7.90. The summed E-state index contributed by atoms with van der Waals surface area (Å²) in [6.07, 6.45) is 0.313. The molecule has 0 saturated carbocycles. The van der Waals surface area contributed by atoms with Crippen molar-refractivity contribution in [3.8, 4) is 5.88 Å². The normalized spacial score (nSPS) is 11.6. The second-order valence-electron chi connectivity index (χ2n) is 10.6. The van der Waals surface area contributed by atoms with Gasteiger partial charge in [-0.3, -0.25) is 4.79 Å². The standard InChI is InChI=1S/C35H25ClN6O3S/c36-25-16-18-28-27(20-25)31(33(44)41(28)34(37)45)32(43)29-19-17-26(46-29)21-30-38-40-42(39-30)35(22-10-4-1-5-11-22,23-12-6-2-7-13-23)24-14-8-3-9-15-24/h1-20,44H,21H2,(H2,37,45). The number of nitrogens with zero attached hydrogens (tertiary/aromatic N) is 5. The maximum atomic E-state index is 13.7. The Morgan fingerprint density at radius 3 is 1.98 bits per heavy atom. The van der Waals surface area contributed by atoms with Crippen molar-refractivity contribution < 1.29 is 14.7 Å². The number of rotatable bonds is 8. The molecule has 9 nitrogen and oxygen atoms in total. The number of primary amides is 1. The van der Waals surface area contributed by atoms with E-state index in [0.717, 1.165) is 26.1 Å². The third kappa shape index (κ3) is 4.84. The molecule has 3 heterocycles. The van der Waals surface area contributed by atoms with Crippen LogP contribution in [-0.4, -0.2) is 41.7 Å². The third-order valence-corrected chi connectivity index (χ3v) is 9.22. The first kappa shape index (κ1) is 29.1. The molecule has 0 spiro atoms. The fourth-order valence-corrected chi connectivity index (χ4v) is 7.03. The highest BCUT2D eigenvalue weighted by Gasteiger charge is 2.41. The number of benzene rings is 4. The van der Waals surface area contributed by atoms with Crippen molar-refractivity contribution in [3.05, 3.63) is 164 Å². The molecule has 0 unspecified atom stereocenters. The number of ketones is 1. The van der Waals surface area contributed by atoms with E-state index in [2.05, 4.69) is 46.7 Å². The zero-order valence-electron chi connectivity index (χ0n) is 24.1. The highest BCUT2D eigenvalue weighted by atomic mass is 35.5. The van der Waals surface area contributed by atoms with Gasteiger partial charge in [0, 0.05) is 21.7 Å². The second-order valence-corrected chi connectivity index (χ2v) is 12.2. The second kappa shape index (κ2) is 11.7. The summed E-state index contributed by atoms with van der Waals surface area (Å²) in [5.74, 6) is -0.532. The molecule has 3 N–H and O–H groups in total. The van der Waals surface area contributed by atoms with Gasteiger partial charge in [-0.2, -0.15) is 0 Å². The molecule has 4 aromatic carbocycles. The number of carbonyl (C=O) groups excluding carboxylic acids is 2. The number of nitrogens with two attached hydrogens (primary N) is 1. The molecule has 3 aromatic heterocycles. The zero-order chi connectivity index (χ0) is 31.8. The van der Waals surface area contributed by atoms with Gasteiger partial charge in [0.05, 0.1) is 16.0 Å². The number of fused-ring (bicyclic) bond motifs is 1. The highest BCUT2D eigenvalue weighted by molar-refractivity contribution is 7.14. The summed E-state index contributed by atoms with van der Waals surface area (Å²) in [7, 11) is 0. The molecule has 0 saturated heterocycles. The minimum absolute atomic E-state index is 0.0489. The number of aromatic nitrogens is 5. The van der Waals surface area contributed by atoms with E-state index in [0.29, 0.717) is 27.5 Å². The molecule has 1 amide bonds. The van der Waals surface area contributed by atoms with Crippen LogP contribution in [0.4, 0.5) is 4.79 Å². The first-order valence-corrected chi connectivity index (χ1v) is 15.5. The van der Waals surface area contributed by atoms with Gasteiger partial charge in [-0.05, 0) is 52.2 Å². The molecule has 0 aliphatic carbocycles. The van der Waals surface area contributed by atoms with Crippen molar-refractivity contribution in [3.63, 3.8) is 0 Å². The van der Waals surface area contributed by atoms with Crippen LogP contribution in [0.5, 0.6) is 5.88 Å². The number of hydrogen-bond donors (Lipinski definition) is 2. The summed E-state index contributed by atoms with van der Waals surface area (Å²) in [6, 6.07) is 37.4. The van der Waals surface area contributed by atoms with E-state index < -0.39 is 23.2 Å². The smallest absolute Gasteiger partial charge is 0.326 e. The molecule has 0 aliphatic heterocycles. The lowest BCUT2D eigenvalue weighted by molar-refractivity contribution is 0.104. The highest BCUT2D eigenvalue weighted by Crippen LogP contribution is 2.40. The van der Waals surface area contributed by atoms with E-state index in [4.69, 9.17) is 22.4 Å². The van der Waals surface area contributed by atoms with E-state index in [1.807, 2.05) is 60.7 Å². The van der Waals surface area contributed by atoms with E-state index in [1.165, 1.54) is 23.5 Å². The molecule has 0 aliphatic rings. The van der Waals surface area contributed by atoms with Crippen LogP contribution >= 0.6 is 22.9 Å². The quantitative estimate of drug-likeness (QED) is 0.141. The molecule has 46 heavy (non-hydrogen) atoms. The van der Waals surface area contributed by atoms with Gasteiger partial charge in [-0.25, -0.2) is 9.36 Å². The maximum Gasteiger partial charge on any atom is 0.326 e. The topological polar surface area (TPSA) is 129 Å². The fraction of sp³-hybridized carbons (Fsp3) is 0.0571. The van der Waals surface area contributed by atoms with E-state index in [-0.39, 0.29) is 11.1 Å². The molecule has 0 atom stereocenters. The van der Waals surface area contributed by atoms with E-state index in [1.54, 1.807) is 16.9 Å². The number of aromatic hydroxyl groups is 1. The minimum Gasteiger partial charge on any atom is -0.494 e. The Kier molecular flexibility index (Phi) is 7.44. The van der Waals surface area contributed by atoms with Crippen LogP contribution in [0.15, 0.2) is 121 Å². The number of hydrogen-bond acceptors (Lipinski definition) is 7. The minimum atomic E-state index is -0.914. The summed E-state index contributed by atoms with van der Waals surface area (Å²) in [5, 5.41) is 25.5. The van der Waals surface area contributed by atoms with Crippen LogP contribution in [-0.2, 0) is 12.0 Å². The molecule has 226 valence electrons. The van der Waals surface area contributed by atoms with Crippen molar-refractivity contribution in [2.75, 3.05) is 0 Å². The lowest BCUT2D eigenvalue weighted by atomic mass is 9.77. The molecular formula is C35H25ClN6O3S. The van der Waals surface area contributed by atoms with Crippen LogP contribution in [0.1, 0.15) is 42.6 Å². The van der Waals surface area contributed by atoms with Crippen molar-refractivity contribution in [1.82, 2.24) is 24.8 Å². The van der Waals surface area contributed by atoms with E-state index >= 15 is 0 Å². The number of halogens is 1. The summed E-state index contributed by atoms with van der Waals surface area (Å²) in [4.78, 5) is 28.6. The first-order valence-electron chi connectivity index (χ1n) is 14.3. The Hall–Kier alpha value is -5.58. The van der Waals surface area contributed by atoms with Crippen molar-refractivity contribution in [2.45, 2.75) is 12.0 Å². The molecule has 11 heteroatoms. The van der Waals surface area contributed by atoms with Crippen LogP contribution in [0.25, 0.3) is 10.9 Å². The molecule has 7 aromatic rings. The molecule has 0 fully saturated rings. The van der Waals surface area contributed by atoms with Gasteiger partial charge >= 0.3 is 6.03 Å². The number of carbonyl (C=O) groups is 2. The van der Waals surface area contributed by atoms with Crippen LogP contribution in [0, 0.1) is 0 Å². The summed E-state index contributed by atoms with van der Waals surface area (Å²) < 4.78 is 0.897. The SMILES string of the molecule is NC(=O)n1c(O)c(C(=O)c2ccc(Cc3nnn(C(c4ccccc4)(c4ccccc4)c4ccccc4)n3)s2)c2cc(Cl)ccc21. The van der Waals surface area contributed by atoms with E-state index in [9.17, 15) is 14.7 Å². The Labute approximate surface area is 272 Å². The molecular weight excluding hydrogens is 620 g/mol. The average Bonchev–Trinajstić information content (AvgIpc) is 3.81. The lowest BCUT2D eigenvalue weighted by Gasteiger charge is -2.34. The zero-order valence-corrected chi connectivity index (χ0v) is 25.7. The van der Waals surface area contributed by atoms with Crippen molar-refractivity contribution >= 4 is 45.7 Å². The predicted octanol–water partition coefficient (Wildman–Crippen LogP) is 6.64. The van der Waals surface area contributed by atoms with Gasteiger partial charge in [0.2, 0.25) is 11.7 Å². The maximum absolute atomic E-state index is 13.7. The Morgan fingerprint density at radius 2 is 1.41 bits per heavy atom. The van der Waals surface area contributed by atoms with Crippen LogP contribution < -0.4 is 5.73 Å². The van der Waals surface area contributed by atoms with Crippen molar-refractivity contribution in [1.29, 1.82) is 0 Å². The van der Waals surface area contributed by atoms with Crippen LogP contribution in [0.2, 0.25) is 5.02 Å². The van der Waals surface area contributed by atoms with Crippen LogP contribution in [0.3, 0.4) is 0 Å². The molecule has 0 radical (unpaired) electrons. The van der Waals surface area contributed by atoms with Gasteiger partial charge in [0.15, 0.2) is 11.4 Å². The largest absolute Gasteiger partial charge is 0.494 e. The molecule has 0 bridgehead atoms. The van der Waals surface area contributed by atoms with Crippen molar-refractivity contribution in [2.24, 2.45) is 5.73 Å². The summed E-state index contributed by atoms with van der Waals surface area (Å²) in [6.45, 7) is 0. The van der Waals surface area contributed by atoms with Gasteiger partial charge in [-0.1, -0.05) is 103 Å². The average molecular weight is 645 g/mol. The first-order chi connectivity index (χ1) is 22.4. The monoisotopic (exact) mass is 644 g/mol. The Morgan fingerprint density at radius 1 is 0.826 bits per heavy atom. The summed E-state index contributed by atoms with van der Waals surface area (Å²) >= 11 is 7.43. The number of tetrazole rings is 1. The fourth-order valence-electron chi connectivity index (χ4n) is 5.91. The summed E-state index contributed by atoms with van der Waals surface area (Å²) in [5.41, 5.74) is 7.74. The number of thiophene rings is 1. The Bertz CT molecular complexity index is 2110. The molecule has 7 rings (SSSR count). The van der Waals surface area contributed by atoms with Gasteiger partial charge in [-0.15, -0.1) is 26.3 Å². The van der Waals surface area contributed by atoms with Gasteiger partial charge < -0.3 is 10.8 Å². The number of amides is 1.